The summed E-state index contributed by atoms with van der Waals surface area (Å²) < 4.78 is 46.3. The van der Waals surface area contributed by atoms with Gasteiger partial charge in [-0.2, -0.15) is 0 Å². The highest BCUT2D eigenvalue weighted by atomic mass is 16.8. The Morgan fingerprint density at radius 2 is 1.04 bits per heavy atom. The molecule has 0 unspecified atom stereocenters. The molecule has 334 valence electrons. The standard InChI is InChI=1S/C32H57NO24/c1-8-15(40)20(45)23(48)29(50-8)56-27-22(47)18(43)13(6-36)52-31(27)55-26-19(44)14(7-37)53-32(28(26)57-30-24(49)21(46)16(41)9(2)51-30)54-25(17(42)12(39)5-35)11(4-34)33-10(3)38/h8-9,11-32,34-37,39-49H,4-7H2,1-3H3,(H,33,38)/t8-,9-,11-,12+,13+,14+,15+,16+,17-,18-,19-,20+,21+,22-,23-,24-,25+,26-,27+,28+,29-,30-,31-,32-/m0/s1. The van der Waals surface area contributed by atoms with Gasteiger partial charge in [0.15, 0.2) is 25.2 Å². The van der Waals surface area contributed by atoms with Crippen molar-refractivity contribution in [2.75, 3.05) is 26.4 Å². The molecular formula is C32H57NO24. The van der Waals surface area contributed by atoms with Gasteiger partial charge in [0.1, 0.15) is 104 Å². The minimum atomic E-state index is -2.13. The molecule has 0 saturated carbocycles. The SMILES string of the molecule is CC(=O)N[C@@H](CO)[C@@H](O[C@@H]1O[C@H](CO)[C@H](O)[C@H](O[C@@H]2O[C@H](CO)[C@H](O)[C@H](O)[C@H]2O[C@@H]2O[C@@H](C)[C@@H](O)[C@@H](O)[C@@H]2O)[C@H]1O[C@@H]1O[C@@H](C)[C@@H](O)[C@@H](O)[C@@H]1O)[C@@H](O)[C@H](O)CO. The number of ether oxygens (including phenoxy) is 8. The number of carbonyl (C=O) groups excluding carboxylic acids is 1. The second kappa shape index (κ2) is 20.9. The first-order valence-corrected chi connectivity index (χ1v) is 18.2. The highest BCUT2D eigenvalue weighted by Gasteiger charge is 2.57. The summed E-state index contributed by atoms with van der Waals surface area (Å²) in [5, 5.41) is 160. The fourth-order valence-corrected chi connectivity index (χ4v) is 6.87. The number of hydrogen-bond donors (Lipinski definition) is 16. The van der Waals surface area contributed by atoms with Crippen LogP contribution in [-0.4, -0.2) is 256 Å². The number of carbonyl (C=O) groups is 1. The molecule has 25 heteroatoms. The van der Waals surface area contributed by atoms with Crippen molar-refractivity contribution in [2.24, 2.45) is 0 Å². The van der Waals surface area contributed by atoms with Crippen molar-refractivity contribution in [3.05, 3.63) is 0 Å². The third-order valence-electron chi connectivity index (χ3n) is 10.3. The number of hydrogen-bond acceptors (Lipinski definition) is 24. The van der Waals surface area contributed by atoms with Crippen LogP contribution >= 0.6 is 0 Å². The van der Waals surface area contributed by atoms with Gasteiger partial charge < -0.3 is 120 Å². The molecule has 4 aliphatic rings. The Hall–Kier alpha value is -1.45. The summed E-state index contributed by atoms with van der Waals surface area (Å²) >= 11 is 0. The maximum Gasteiger partial charge on any atom is 0.217 e. The lowest BCUT2D eigenvalue weighted by molar-refractivity contribution is -0.407. The molecule has 16 N–H and O–H groups in total. The summed E-state index contributed by atoms with van der Waals surface area (Å²) in [4.78, 5) is 12.1. The van der Waals surface area contributed by atoms with Gasteiger partial charge in [0, 0.05) is 6.92 Å². The van der Waals surface area contributed by atoms with Crippen molar-refractivity contribution >= 4 is 5.91 Å². The lowest BCUT2D eigenvalue weighted by atomic mass is 9.95. The average Bonchev–Trinajstić information content (AvgIpc) is 3.18. The molecule has 0 radical (unpaired) electrons. The van der Waals surface area contributed by atoms with Crippen LogP contribution in [0, 0.1) is 0 Å². The molecule has 4 fully saturated rings. The zero-order chi connectivity index (χ0) is 42.6. The molecule has 4 heterocycles. The van der Waals surface area contributed by atoms with Crippen LogP contribution in [0.25, 0.3) is 0 Å². The van der Waals surface area contributed by atoms with Gasteiger partial charge in [0.2, 0.25) is 5.91 Å². The number of aliphatic hydroxyl groups excluding tert-OH is 15. The second-order valence-electron chi connectivity index (χ2n) is 14.4. The van der Waals surface area contributed by atoms with E-state index in [9.17, 15) is 81.4 Å². The van der Waals surface area contributed by atoms with E-state index in [4.69, 9.17) is 37.9 Å². The van der Waals surface area contributed by atoms with Crippen molar-refractivity contribution in [1.82, 2.24) is 5.32 Å². The smallest absolute Gasteiger partial charge is 0.217 e. The van der Waals surface area contributed by atoms with Crippen LogP contribution < -0.4 is 5.32 Å². The van der Waals surface area contributed by atoms with Gasteiger partial charge in [0.25, 0.3) is 0 Å². The Morgan fingerprint density at radius 1 is 0.561 bits per heavy atom. The van der Waals surface area contributed by atoms with E-state index in [1.54, 1.807) is 0 Å². The molecule has 4 rings (SSSR count). The van der Waals surface area contributed by atoms with Crippen molar-refractivity contribution in [2.45, 2.75) is 168 Å². The zero-order valence-electron chi connectivity index (χ0n) is 31.1. The van der Waals surface area contributed by atoms with Crippen molar-refractivity contribution < 1.29 is 119 Å². The third-order valence-corrected chi connectivity index (χ3v) is 10.3. The van der Waals surface area contributed by atoms with Gasteiger partial charge in [0.05, 0.1) is 44.7 Å². The normalized spacial score (nSPS) is 46.5. The van der Waals surface area contributed by atoms with Gasteiger partial charge in [-0.25, -0.2) is 0 Å². The highest BCUT2D eigenvalue weighted by molar-refractivity contribution is 5.73. The van der Waals surface area contributed by atoms with Crippen LogP contribution in [0.2, 0.25) is 0 Å². The lowest BCUT2D eigenvalue weighted by Crippen LogP contribution is -2.69. The average molecular weight is 840 g/mol. The first-order valence-electron chi connectivity index (χ1n) is 18.2. The third kappa shape index (κ3) is 10.7. The van der Waals surface area contributed by atoms with E-state index in [2.05, 4.69) is 5.32 Å². The Labute approximate surface area is 325 Å². The molecule has 0 aromatic carbocycles. The molecule has 0 aliphatic carbocycles. The highest BCUT2D eigenvalue weighted by Crippen LogP contribution is 2.36. The predicted octanol–water partition coefficient (Wildman–Crippen LogP) is -10.1. The molecule has 57 heavy (non-hydrogen) atoms. The molecule has 24 atom stereocenters. The molecule has 4 saturated heterocycles. The minimum Gasteiger partial charge on any atom is -0.394 e. The number of rotatable bonds is 16. The largest absolute Gasteiger partial charge is 0.394 e. The fourth-order valence-electron chi connectivity index (χ4n) is 6.87. The van der Waals surface area contributed by atoms with Gasteiger partial charge >= 0.3 is 0 Å². The lowest BCUT2D eigenvalue weighted by Gasteiger charge is -2.50. The maximum absolute atomic E-state index is 12.1. The first-order chi connectivity index (χ1) is 26.8. The zero-order valence-corrected chi connectivity index (χ0v) is 31.1. The maximum atomic E-state index is 12.1. The Morgan fingerprint density at radius 3 is 1.51 bits per heavy atom. The Bertz CT molecular complexity index is 1240. The van der Waals surface area contributed by atoms with E-state index >= 15 is 0 Å². The molecule has 1 amide bonds. The van der Waals surface area contributed by atoms with E-state index in [0.29, 0.717) is 0 Å². The Kier molecular flexibility index (Phi) is 17.7. The fraction of sp³-hybridized carbons (Fsp3) is 0.969. The van der Waals surface area contributed by atoms with Crippen LogP contribution in [0.4, 0.5) is 0 Å². The summed E-state index contributed by atoms with van der Waals surface area (Å²) in [6, 6.07) is -1.57. The quantitative estimate of drug-likeness (QED) is 0.0686. The monoisotopic (exact) mass is 839 g/mol. The first kappa shape index (κ1) is 48.2. The topological polar surface area (TPSA) is 406 Å². The van der Waals surface area contributed by atoms with Gasteiger partial charge in [-0.1, -0.05) is 0 Å². The summed E-state index contributed by atoms with van der Waals surface area (Å²) in [6.07, 6.45) is -42.7. The van der Waals surface area contributed by atoms with Crippen molar-refractivity contribution in [3.63, 3.8) is 0 Å². The van der Waals surface area contributed by atoms with E-state index < -0.39 is 180 Å². The summed E-state index contributed by atoms with van der Waals surface area (Å²) in [5.74, 6) is -0.765. The van der Waals surface area contributed by atoms with Crippen molar-refractivity contribution in [3.8, 4) is 0 Å². The molecule has 25 nitrogen and oxygen atoms in total. The molecule has 0 bridgehead atoms. The van der Waals surface area contributed by atoms with Crippen LogP contribution in [0.15, 0.2) is 0 Å². The molecule has 0 aromatic heterocycles. The molecule has 0 aromatic rings. The summed E-state index contributed by atoms with van der Waals surface area (Å²) in [5.41, 5.74) is 0. The van der Waals surface area contributed by atoms with Crippen LogP contribution in [-0.2, 0) is 42.7 Å². The van der Waals surface area contributed by atoms with Crippen LogP contribution in [0.5, 0.6) is 0 Å². The second-order valence-corrected chi connectivity index (χ2v) is 14.4. The van der Waals surface area contributed by atoms with E-state index in [1.165, 1.54) is 13.8 Å². The number of nitrogens with one attached hydrogen (secondary N) is 1. The van der Waals surface area contributed by atoms with Crippen LogP contribution in [0.1, 0.15) is 20.8 Å². The van der Waals surface area contributed by atoms with Crippen LogP contribution in [0.3, 0.4) is 0 Å². The van der Waals surface area contributed by atoms with E-state index in [-0.39, 0.29) is 0 Å². The van der Waals surface area contributed by atoms with Gasteiger partial charge in [-0.3, -0.25) is 4.79 Å². The molecule has 0 spiro atoms. The van der Waals surface area contributed by atoms with Gasteiger partial charge in [-0.05, 0) is 13.8 Å². The Balaban J connectivity index is 1.80. The number of aliphatic hydroxyl groups is 15. The number of amides is 1. The van der Waals surface area contributed by atoms with Gasteiger partial charge in [-0.15, -0.1) is 0 Å². The van der Waals surface area contributed by atoms with E-state index in [0.717, 1.165) is 6.92 Å². The predicted molar refractivity (Wildman–Crippen MR) is 178 cm³/mol. The summed E-state index contributed by atoms with van der Waals surface area (Å²) in [7, 11) is 0. The van der Waals surface area contributed by atoms with E-state index in [1.807, 2.05) is 0 Å². The molecule has 4 aliphatic heterocycles. The minimum absolute atomic E-state index is 0.765. The molecular weight excluding hydrogens is 782 g/mol. The van der Waals surface area contributed by atoms with Crippen molar-refractivity contribution in [1.29, 1.82) is 0 Å². The summed E-state index contributed by atoms with van der Waals surface area (Å²) in [6.45, 7) is -0.347.